The number of H-pyrrole nitrogens is 1. The summed E-state index contributed by atoms with van der Waals surface area (Å²) in [5, 5.41) is 38.1. The van der Waals surface area contributed by atoms with Gasteiger partial charge in [-0.05, 0) is 96.9 Å². The van der Waals surface area contributed by atoms with Gasteiger partial charge >= 0.3 is 5.97 Å². The van der Waals surface area contributed by atoms with Crippen molar-refractivity contribution in [3.05, 3.63) is 18.2 Å². The molecule has 27 heteroatoms. The van der Waals surface area contributed by atoms with Gasteiger partial charge in [-0.3, -0.25) is 48.1 Å². The highest BCUT2D eigenvalue weighted by molar-refractivity contribution is 5.99. The number of aliphatic hydroxyl groups is 1. The predicted octanol–water partition coefficient (Wildman–Crippen LogP) is -4.20. The average Bonchev–Trinajstić information content (AvgIpc) is 4.23. The van der Waals surface area contributed by atoms with E-state index in [0.717, 1.165) is 13.0 Å². The number of carbonyl (C=O) groups excluding carboxylic acids is 9. The number of likely N-dealkylation sites (tertiary alicyclic amines) is 3. The zero-order chi connectivity index (χ0) is 54.2. The lowest BCUT2D eigenvalue weighted by Crippen LogP contribution is -2.60. The highest BCUT2D eigenvalue weighted by Gasteiger charge is 2.45. The Labute approximate surface area is 429 Å². The van der Waals surface area contributed by atoms with E-state index in [1.165, 1.54) is 36.2 Å². The molecule has 10 atom stereocenters. The zero-order valence-electron chi connectivity index (χ0n) is 42.6. The van der Waals surface area contributed by atoms with Crippen molar-refractivity contribution in [3.8, 4) is 0 Å². The smallest absolute Gasteiger partial charge is 0.326 e. The number of carbonyl (C=O) groups is 10. The first-order valence-electron chi connectivity index (χ1n) is 25.5. The lowest BCUT2D eigenvalue weighted by Gasteiger charge is -2.33. The third-order valence-electron chi connectivity index (χ3n) is 13.7. The van der Waals surface area contributed by atoms with Crippen LogP contribution in [0.3, 0.4) is 0 Å². The monoisotopic (exact) mass is 1040 g/mol. The first-order chi connectivity index (χ1) is 35.2. The van der Waals surface area contributed by atoms with Gasteiger partial charge in [0.1, 0.15) is 54.4 Å². The molecule has 0 unspecified atom stereocenters. The van der Waals surface area contributed by atoms with Crippen LogP contribution in [0.2, 0.25) is 0 Å². The first kappa shape index (κ1) is 58.0. The molecule has 0 radical (unpaired) electrons. The third-order valence-corrected chi connectivity index (χ3v) is 13.7. The summed E-state index contributed by atoms with van der Waals surface area (Å²) in [5.74, 6) is -7.38. The van der Waals surface area contributed by atoms with E-state index in [-0.39, 0.29) is 74.9 Å². The number of carboxylic acids is 1. The van der Waals surface area contributed by atoms with Crippen LogP contribution in [0, 0.1) is 5.92 Å². The number of nitrogens with one attached hydrogen (secondary N) is 8. The molecule has 1 aromatic rings. The minimum Gasteiger partial charge on any atom is -0.480 e. The van der Waals surface area contributed by atoms with Gasteiger partial charge < -0.3 is 78.6 Å². The van der Waals surface area contributed by atoms with E-state index >= 15 is 0 Å². The van der Waals surface area contributed by atoms with E-state index in [0.29, 0.717) is 57.3 Å². The molecule has 4 fully saturated rings. The molecule has 5 heterocycles. The number of carboxylic acid groups (broad SMARTS) is 1. The van der Waals surface area contributed by atoms with Gasteiger partial charge in [0.15, 0.2) is 5.96 Å². The van der Waals surface area contributed by atoms with Crippen LogP contribution in [-0.4, -0.2) is 200 Å². The Kier molecular flexibility index (Phi) is 21.5. The van der Waals surface area contributed by atoms with Crippen molar-refractivity contribution < 1.29 is 58.2 Å². The standard InChI is InChI=1S/C47H75N15O12/c1-25(2)20-32(46(73)74)58-40(67)33(23-63)59-39(66)31(21-28-22-50-24-53-28)57-38(65)29(10-5-16-52-47(48)49)56-37(64)26(3)54-41(68)34-12-7-17-60(34)43(70)27(4)55-42(69)35-13-8-18-61(35)45(72)36-14-9-19-62(36)44(71)30-11-6-15-51-30/h22,24-27,29-36,51,63H,5-21,23H2,1-4H3,(H,50,53)(H,54,68)(H,55,69)(H,56,64)(H,57,65)(H,58,67)(H,59,66)(H,73,74)(H4,48,49,52)/t26-,27-,29-,30-,31-,32-,33-,34-,35-,36-/m0/s1. The number of hydrogen-bond donors (Lipinski definition) is 12. The molecule has 4 saturated heterocycles. The molecule has 5 rings (SSSR count). The SMILES string of the molecule is CC(C)C[C@H](NC(=O)[C@H](CO)NC(=O)[C@H](Cc1cnc[nH]1)NC(=O)[C@H](CCCN=C(N)N)NC(=O)[C@H](C)NC(=O)[C@@H]1CCCN1C(=O)[C@H](C)NC(=O)[C@@H]1CCCN1C(=O)[C@@H]1CCCN1C(=O)[C@@H]1CCCN1)C(=O)O. The number of guanidine groups is 1. The van der Waals surface area contributed by atoms with Crippen LogP contribution in [0.4, 0.5) is 0 Å². The summed E-state index contributed by atoms with van der Waals surface area (Å²) in [7, 11) is 0. The zero-order valence-corrected chi connectivity index (χ0v) is 42.6. The molecule has 0 aliphatic carbocycles. The fourth-order valence-corrected chi connectivity index (χ4v) is 9.77. The molecule has 4 aliphatic heterocycles. The number of imidazole rings is 1. The van der Waals surface area contributed by atoms with Crippen LogP contribution in [0.15, 0.2) is 17.5 Å². The summed E-state index contributed by atoms with van der Waals surface area (Å²) in [4.78, 5) is 150. The second kappa shape index (κ2) is 27.4. The quantitative estimate of drug-likeness (QED) is 0.0251. The van der Waals surface area contributed by atoms with Gasteiger partial charge in [-0.2, -0.15) is 0 Å². The maximum atomic E-state index is 14.0. The van der Waals surface area contributed by atoms with Crippen LogP contribution in [0.5, 0.6) is 0 Å². The van der Waals surface area contributed by atoms with Gasteiger partial charge in [0.05, 0.1) is 19.0 Å². The molecule has 410 valence electrons. The number of amides is 9. The van der Waals surface area contributed by atoms with E-state index in [2.05, 4.69) is 52.2 Å². The van der Waals surface area contributed by atoms with Crippen molar-refractivity contribution in [3.63, 3.8) is 0 Å². The molecular formula is C47H75N15O12. The molecule has 0 spiro atoms. The summed E-state index contributed by atoms with van der Waals surface area (Å²) < 4.78 is 0. The summed E-state index contributed by atoms with van der Waals surface area (Å²) in [6, 6.07) is -10.9. The Morgan fingerprint density at radius 2 is 1.24 bits per heavy atom. The number of aromatic nitrogens is 2. The molecule has 27 nitrogen and oxygen atoms in total. The fraction of sp³-hybridized carbons (Fsp3) is 0.702. The lowest BCUT2D eigenvalue weighted by atomic mass is 10.0. The maximum Gasteiger partial charge on any atom is 0.326 e. The van der Waals surface area contributed by atoms with E-state index < -0.39 is 108 Å². The Hall–Kier alpha value is -6.90. The third kappa shape index (κ3) is 15.8. The number of nitrogens with two attached hydrogens (primary N) is 2. The van der Waals surface area contributed by atoms with Crippen molar-refractivity contribution in [1.82, 2.24) is 61.9 Å². The Morgan fingerprint density at radius 3 is 1.82 bits per heavy atom. The minimum absolute atomic E-state index is 0.0506. The topological polar surface area (TPSA) is 398 Å². The van der Waals surface area contributed by atoms with Gasteiger partial charge in [-0.25, -0.2) is 9.78 Å². The molecule has 0 bridgehead atoms. The van der Waals surface area contributed by atoms with E-state index in [4.69, 9.17) is 11.5 Å². The van der Waals surface area contributed by atoms with Gasteiger partial charge in [-0.15, -0.1) is 0 Å². The van der Waals surface area contributed by atoms with Crippen molar-refractivity contribution in [2.45, 2.75) is 165 Å². The van der Waals surface area contributed by atoms with Crippen LogP contribution in [0.1, 0.15) is 104 Å². The van der Waals surface area contributed by atoms with Gasteiger partial charge in [0, 0.05) is 44.5 Å². The molecule has 0 aromatic carbocycles. The number of aliphatic hydroxyl groups excluding tert-OH is 1. The second-order valence-corrected chi connectivity index (χ2v) is 19.8. The van der Waals surface area contributed by atoms with Gasteiger partial charge in [0.2, 0.25) is 53.2 Å². The largest absolute Gasteiger partial charge is 0.480 e. The van der Waals surface area contributed by atoms with Gasteiger partial charge in [-0.1, -0.05) is 13.8 Å². The van der Waals surface area contributed by atoms with E-state index in [1.54, 1.807) is 18.7 Å². The summed E-state index contributed by atoms with van der Waals surface area (Å²) >= 11 is 0. The maximum absolute atomic E-state index is 14.0. The van der Waals surface area contributed by atoms with Crippen molar-refractivity contribution in [2.24, 2.45) is 22.4 Å². The molecule has 4 aliphatic rings. The van der Waals surface area contributed by atoms with Crippen LogP contribution >= 0.6 is 0 Å². The number of hydrogen-bond acceptors (Lipinski definition) is 14. The number of rotatable bonds is 25. The summed E-state index contributed by atoms with van der Waals surface area (Å²) in [6.45, 7) is 7.23. The van der Waals surface area contributed by atoms with Gasteiger partial charge in [0.25, 0.3) is 0 Å². The number of nitrogens with zero attached hydrogens (tertiary/aromatic N) is 5. The minimum atomic E-state index is -1.61. The molecule has 9 amide bonds. The Bertz CT molecular complexity index is 2200. The van der Waals surface area contributed by atoms with Crippen LogP contribution < -0.4 is 48.7 Å². The first-order valence-corrected chi connectivity index (χ1v) is 25.5. The van der Waals surface area contributed by atoms with E-state index in [1.807, 2.05) is 0 Å². The average molecular weight is 1040 g/mol. The Morgan fingerprint density at radius 1 is 0.689 bits per heavy atom. The molecule has 0 saturated carbocycles. The molecule has 1 aromatic heterocycles. The fourth-order valence-electron chi connectivity index (χ4n) is 9.77. The molecule has 74 heavy (non-hydrogen) atoms. The predicted molar refractivity (Wildman–Crippen MR) is 265 cm³/mol. The lowest BCUT2D eigenvalue weighted by molar-refractivity contribution is -0.148. The van der Waals surface area contributed by atoms with Crippen molar-refractivity contribution in [1.29, 1.82) is 0 Å². The van der Waals surface area contributed by atoms with Crippen molar-refractivity contribution >= 4 is 65.1 Å². The number of aromatic amines is 1. The summed E-state index contributed by atoms with van der Waals surface area (Å²) in [5.41, 5.74) is 11.3. The van der Waals surface area contributed by atoms with Crippen LogP contribution in [0.25, 0.3) is 0 Å². The highest BCUT2D eigenvalue weighted by atomic mass is 16.4. The van der Waals surface area contributed by atoms with Crippen LogP contribution in [-0.2, 0) is 54.4 Å². The number of aliphatic carboxylic acids is 1. The molecular weight excluding hydrogens is 967 g/mol. The molecule has 14 N–H and O–H groups in total. The van der Waals surface area contributed by atoms with Crippen molar-refractivity contribution in [2.75, 3.05) is 39.3 Å². The summed E-state index contributed by atoms with van der Waals surface area (Å²) in [6.07, 6.45) is 7.05. The Balaban J connectivity index is 1.20. The number of aliphatic imine (C=N–C) groups is 1. The second-order valence-electron chi connectivity index (χ2n) is 19.8. The van der Waals surface area contributed by atoms with E-state index in [9.17, 15) is 58.2 Å². The highest BCUT2D eigenvalue weighted by Crippen LogP contribution is 2.27. The normalized spacial score (nSPS) is 21.9.